The van der Waals surface area contributed by atoms with Crippen LogP contribution in [0.2, 0.25) is 0 Å². The van der Waals surface area contributed by atoms with Crippen LogP contribution in [0.5, 0.6) is 0 Å². The van der Waals surface area contributed by atoms with Gasteiger partial charge in [-0.2, -0.15) is 15.0 Å². The zero-order valence-electron chi connectivity index (χ0n) is 12.6. The Labute approximate surface area is 128 Å². The van der Waals surface area contributed by atoms with Gasteiger partial charge < -0.3 is 5.11 Å². The van der Waals surface area contributed by atoms with Crippen LogP contribution in [0.25, 0.3) is 0 Å². The first-order valence-electron chi connectivity index (χ1n) is 7.10. The molecule has 1 N–H and O–H groups in total. The molecule has 0 bridgehead atoms. The maximum atomic E-state index is 13.0. The van der Waals surface area contributed by atoms with Crippen molar-refractivity contribution >= 4 is 5.97 Å². The number of aliphatic carboxylic acids is 1. The zero-order chi connectivity index (χ0) is 16.1. The largest absolute Gasteiger partial charge is 0.480 e. The fraction of sp³-hybridized carbons (Fsp3) is 0.400. The van der Waals surface area contributed by atoms with E-state index in [0.717, 1.165) is 5.56 Å². The average molecular weight is 306 g/mol. The van der Waals surface area contributed by atoms with E-state index < -0.39 is 12.0 Å². The minimum absolute atomic E-state index is 0.313. The second-order valence-electron chi connectivity index (χ2n) is 5.07. The number of hydrogen-bond acceptors (Lipinski definition) is 4. The van der Waals surface area contributed by atoms with Gasteiger partial charge in [-0.25, -0.2) is 4.39 Å². The third-order valence-corrected chi connectivity index (χ3v) is 3.44. The number of carbonyl (C=O) groups is 1. The van der Waals surface area contributed by atoms with Crippen molar-refractivity contribution in [3.63, 3.8) is 0 Å². The number of nitrogens with zero attached hydrogens (tertiary/aromatic N) is 4. The first kappa shape index (κ1) is 16.1. The molecule has 0 amide bonds. The second-order valence-corrected chi connectivity index (χ2v) is 5.07. The summed E-state index contributed by atoms with van der Waals surface area (Å²) in [6, 6.07) is 5.36. The van der Waals surface area contributed by atoms with E-state index >= 15 is 0 Å². The fourth-order valence-corrected chi connectivity index (χ4v) is 2.08. The lowest BCUT2D eigenvalue weighted by Crippen LogP contribution is -2.38. The van der Waals surface area contributed by atoms with Crippen molar-refractivity contribution < 1.29 is 14.3 Å². The molecule has 1 aromatic carbocycles. The van der Waals surface area contributed by atoms with Crippen LogP contribution in [0.4, 0.5) is 4.39 Å². The van der Waals surface area contributed by atoms with E-state index in [1.165, 1.54) is 12.1 Å². The lowest BCUT2D eigenvalue weighted by atomic mass is 10.1. The van der Waals surface area contributed by atoms with Gasteiger partial charge in [-0.1, -0.05) is 12.1 Å². The van der Waals surface area contributed by atoms with Crippen molar-refractivity contribution in [3.8, 4) is 0 Å². The normalized spacial score (nSPS) is 12.5. The van der Waals surface area contributed by atoms with Gasteiger partial charge in [-0.05, 0) is 31.5 Å². The number of carboxylic acid groups (broad SMARTS) is 1. The van der Waals surface area contributed by atoms with Crippen molar-refractivity contribution in [1.29, 1.82) is 0 Å². The third-order valence-electron chi connectivity index (χ3n) is 3.44. The first-order chi connectivity index (χ1) is 10.5. The second kappa shape index (κ2) is 7.13. The Morgan fingerprint density at radius 1 is 1.36 bits per heavy atom. The van der Waals surface area contributed by atoms with Gasteiger partial charge in [0.05, 0.1) is 18.4 Å². The predicted molar refractivity (Wildman–Crippen MR) is 78.4 cm³/mol. The third kappa shape index (κ3) is 4.11. The summed E-state index contributed by atoms with van der Waals surface area (Å²) in [5.41, 5.74) is 1.55. The number of aryl methyl sites for hydroxylation is 1. The van der Waals surface area contributed by atoms with E-state index in [9.17, 15) is 14.3 Å². The van der Waals surface area contributed by atoms with E-state index in [1.807, 2.05) is 6.92 Å². The minimum Gasteiger partial charge on any atom is -0.480 e. The Morgan fingerprint density at radius 3 is 2.59 bits per heavy atom. The van der Waals surface area contributed by atoms with Gasteiger partial charge in [0.15, 0.2) is 0 Å². The van der Waals surface area contributed by atoms with Crippen LogP contribution in [-0.2, 0) is 24.4 Å². The number of hydrogen-bond donors (Lipinski definition) is 1. The molecule has 0 aliphatic rings. The molecule has 2 aromatic rings. The zero-order valence-corrected chi connectivity index (χ0v) is 12.6. The standard InChI is InChI=1S/C15H19FN4O2/c1-3-20-17-8-14(18-20)10-19(11(2)15(21)22)9-12-4-6-13(16)7-5-12/h4-8,11H,3,9-10H2,1-2H3,(H,21,22). The van der Waals surface area contributed by atoms with Gasteiger partial charge >= 0.3 is 5.97 Å². The highest BCUT2D eigenvalue weighted by Crippen LogP contribution is 2.13. The highest BCUT2D eigenvalue weighted by molar-refractivity contribution is 5.72. The fourth-order valence-electron chi connectivity index (χ4n) is 2.08. The number of rotatable bonds is 7. The topological polar surface area (TPSA) is 71.2 Å². The number of carboxylic acids is 1. The molecule has 1 atom stereocenters. The monoisotopic (exact) mass is 306 g/mol. The number of aromatic nitrogens is 3. The van der Waals surface area contributed by atoms with Crippen LogP contribution >= 0.6 is 0 Å². The molecule has 7 heteroatoms. The SMILES string of the molecule is CCn1ncc(CN(Cc2ccc(F)cc2)C(C)C(=O)O)n1. The Balaban J connectivity index is 2.14. The van der Waals surface area contributed by atoms with Crippen molar-refractivity contribution in [3.05, 3.63) is 47.5 Å². The summed E-state index contributed by atoms with van der Waals surface area (Å²) < 4.78 is 13.0. The van der Waals surface area contributed by atoms with E-state index in [-0.39, 0.29) is 5.82 Å². The van der Waals surface area contributed by atoms with Crippen molar-refractivity contribution in [2.24, 2.45) is 0 Å². The molecule has 0 saturated heterocycles. The molecule has 0 spiro atoms. The van der Waals surface area contributed by atoms with E-state index in [4.69, 9.17) is 0 Å². The van der Waals surface area contributed by atoms with Crippen LogP contribution in [0.15, 0.2) is 30.5 Å². The van der Waals surface area contributed by atoms with Crippen molar-refractivity contribution in [1.82, 2.24) is 19.9 Å². The quantitative estimate of drug-likeness (QED) is 0.846. The molecule has 0 aliphatic carbocycles. The highest BCUT2D eigenvalue weighted by atomic mass is 19.1. The summed E-state index contributed by atoms with van der Waals surface area (Å²) in [5.74, 6) is -1.22. The first-order valence-corrected chi connectivity index (χ1v) is 7.10. The van der Waals surface area contributed by atoms with Gasteiger partial charge in [0.25, 0.3) is 0 Å². The lowest BCUT2D eigenvalue weighted by Gasteiger charge is -2.25. The van der Waals surface area contributed by atoms with Crippen LogP contribution < -0.4 is 0 Å². The maximum Gasteiger partial charge on any atom is 0.320 e. The molecule has 6 nitrogen and oxygen atoms in total. The molecule has 0 fully saturated rings. The smallest absolute Gasteiger partial charge is 0.320 e. The van der Waals surface area contributed by atoms with E-state index in [1.54, 1.807) is 34.9 Å². The Bertz CT molecular complexity index is 627. The van der Waals surface area contributed by atoms with Gasteiger partial charge in [-0.15, -0.1) is 0 Å². The van der Waals surface area contributed by atoms with Crippen LogP contribution in [-0.4, -0.2) is 37.0 Å². The molecule has 118 valence electrons. The minimum atomic E-state index is -0.912. The molecular weight excluding hydrogens is 287 g/mol. The summed E-state index contributed by atoms with van der Waals surface area (Å²) in [6.07, 6.45) is 1.63. The molecule has 0 saturated carbocycles. The Morgan fingerprint density at radius 2 is 2.05 bits per heavy atom. The van der Waals surface area contributed by atoms with Crippen molar-refractivity contribution in [2.45, 2.75) is 39.5 Å². The molecular formula is C15H19FN4O2. The maximum absolute atomic E-state index is 13.0. The predicted octanol–water partition coefficient (Wildman–Crippen LogP) is 1.91. The number of halogens is 1. The molecule has 2 rings (SSSR count). The summed E-state index contributed by atoms with van der Waals surface area (Å²) in [6.45, 7) is 4.97. The number of benzene rings is 1. The van der Waals surface area contributed by atoms with E-state index in [0.29, 0.717) is 25.3 Å². The molecule has 0 aliphatic heterocycles. The van der Waals surface area contributed by atoms with Crippen LogP contribution in [0.3, 0.4) is 0 Å². The molecule has 1 heterocycles. The Hall–Kier alpha value is -2.28. The van der Waals surface area contributed by atoms with Gasteiger partial charge in [0, 0.05) is 13.1 Å². The molecule has 1 unspecified atom stereocenters. The molecule has 22 heavy (non-hydrogen) atoms. The van der Waals surface area contributed by atoms with Crippen molar-refractivity contribution in [2.75, 3.05) is 0 Å². The Kier molecular flexibility index (Phi) is 5.21. The summed E-state index contributed by atoms with van der Waals surface area (Å²) in [4.78, 5) is 14.6. The van der Waals surface area contributed by atoms with Gasteiger partial charge in [0.2, 0.25) is 0 Å². The molecule has 0 radical (unpaired) electrons. The van der Waals surface area contributed by atoms with E-state index in [2.05, 4.69) is 10.2 Å². The highest BCUT2D eigenvalue weighted by Gasteiger charge is 2.22. The summed E-state index contributed by atoms with van der Waals surface area (Å²) in [5, 5.41) is 17.6. The lowest BCUT2D eigenvalue weighted by molar-refractivity contribution is -0.143. The summed E-state index contributed by atoms with van der Waals surface area (Å²) >= 11 is 0. The van der Waals surface area contributed by atoms with Crippen LogP contribution in [0, 0.1) is 5.82 Å². The average Bonchev–Trinajstić information content (AvgIpc) is 2.95. The molecule has 1 aromatic heterocycles. The van der Waals surface area contributed by atoms with Gasteiger partial charge in [-0.3, -0.25) is 9.69 Å². The van der Waals surface area contributed by atoms with Crippen LogP contribution in [0.1, 0.15) is 25.1 Å². The van der Waals surface area contributed by atoms with Gasteiger partial charge in [0.1, 0.15) is 11.9 Å². The summed E-state index contributed by atoms with van der Waals surface area (Å²) in [7, 11) is 0.